The zero-order valence-electron chi connectivity index (χ0n) is 19.1. The standard InChI is InChI=1S/C24H33N7/c1-16-11-23(30-9-6-25-7-10-30)26-13-20(16)19-5-8-31(15-17(19)2)22-12-18(3)28-24-21(22)14-27-29(24)4/h11-14,17,19,25H,5-10,15H2,1-4H3/t17-,19-/m1/s1. The number of hydrogen-bond donors (Lipinski definition) is 1. The molecule has 5 heterocycles. The van der Waals surface area contributed by atoms with E-state index in [4.69, 9.17) is 4.98 Å². The number of aryl methyl sites for hydroxylation is 3. The molecule has 3 aromatic rings. The third kappa shape index (κ3) is 3.76. The van der Waals surface area contributed by atoms with Gasteiger partial charge in [0.2, 0.25) is 0 Å². The fourth-order valence-electron chi connectivity index (χ4n) is 5.31. The maximum absolute atomic E-state index is 4.87. The van der Waals surface area contributed by atoms with Crippen LogP contribution in [0.25, 0.3) is 11.0 Å². The van der Waals surface area contributed by atoms with Crippen LogP contribution in [0, 0.1) is 19.8 Å². The molecule has 2 aliphatic heterocycles. The lowest BCUT2D eigenvalue weighted by Crippen LogP contribution is -2.44. The molecule has 164 valence electrons. The van der Waals surface area contributed by atoms with Gasteiger partial charge in [-0.3, -0.25) is 4.68 Å². The van der Waals surface area contributed by atoms with Gasteiger partial charge >= 0.3 is 0 Å². The summed E-state index contributed by atoms with van der Waals surface area (Å²) in [5.74, 6) is 2.23. The van der Waals surface area contributed by atoms with Crippen molar-refractivity contribution in [2.75, 3.05) is 49.1 Å². The molecule has 2 saturated heterocycles. The molecular formula is C24H33N7. The molecule has 2 atom stereocenters. The number of fused-ring (bicyclic) bond motifs is 1. The number of hydrogen-bond acceptors (Lipinski definition) is 6. The van der Waals surface area contributed by atoms with Crippen molar-refractivity contribution in [1.29, 1.82) is 0 Å². The highest BCUT2D eigenvalue weighted by molar-refractivity contribution is 5.89. The number of aromatic nitrogens is 4. The highest BCUT2D eigenvalue weighted by atomic mass is 15.3. The van der Waals surface area contributed by atoms with E-state index in [1.165, 1.54) is 16.8 Å². The number of pyridine rings is 2. The molecular weight excluding hydrogens is 386 g/mol. The van der Waals surface area contributed by atoms with Crippen LogP contribution in [0.1, 0.15) is 36.1 Å². The maximum atomic E-state index is 4.87. The number of nitrogens with zero attached hydrogens (tertiary/aromatic N) is 6. The van der Waals surface area contributed by atoms with Gasteiger partial charge in [0.25, 0.3) is 0 Å². The monoisotopic (exact) mass is 419 g/mol. The van der Waals surface area contributed by atoms with Gasteiger partial charge in [0.05, 0.1) is 17.3 Å². The van der Waals surface area contributed by atoms with Crippen molar-refractivity contribution in [3.63, 3.8) is 0 Å². The highest BCUT2D eigenvalue weighted by Crippen LogP contribution is 2.38. The quantitative estimate of drug-likeness (QED) is 0.704. The van der Waals surface area contributed by atoms with Crippen LogP contribution in [0.15, 0.2) is 24.5 Å². The van der Waals surface area contributed by atoms with Crippen molar-refractivity contribution in [3.8, 4) is 0 Å². The van der Waals surface area contributed by atoms with Crippen LogP contribution in [-0.4, -0.2) is 59.0 Å². The van der Waals surface area contributed by atoms with Crippen LogP contribution in [0.3, 0.4) is 0 Å². The summed E-state index contributed by atoms with van der Waals surface area (Å²) in [6.45, 7) is 12.9. The fraction of sp³-hybridized carbons (Fsp3) is 0.542. The molecule has 7 heteroatoms. The Bertz CT molecular complexity index is 1080. The fourth-order valence-corrected chi connectivity index (χ4v) is 5.31. The van der Waals surface area contributed by atoms with Crippen LogP contribution in [0.2, 0.25) is 0 Å². The molecule has 1 N–H and O–H groups in total. The van der Waals surface area contributed by atoms with Crippen LogP contribution in [0.4, 0.5) is 11.5 Å². The first kappa shape index (κ1) is 20.2. The van der Waals surface area contributed by atoms with Crippen LogP contribution in [0.5, 0.6) is 0 Å². The topological polar surface area (TPSA) is 62.1 Å². The molecule has 0 aromatic carbocycles. The second-order valence-electron chi connectivity index (χ2n) is 9.24. The summed E-state index contributed by atoms with van der Waals surface area (Å²) in [6, 6.07) is 4.51. The summed E-state index contributed by atoms with van der Waals surface area (Å²) in [4.78, 5) is 14.5. The molecule has 31 heavy (non-hydrogen) atoms. The Kier molecular flexibility index (Phi) is 5.30. The van der Waals surface area contributed by atoms with Gasteiger partial charge in [-0.15, -0.1) is 0 Å². The van der Waals surface area contributed by atoms with Gasteiger partial charge in [-0.2, -0.15) is 5.10 Å². The Labute approximate surface area is 184 Å². The van der Waals surface area contributed by atoms with Crippen molar-refractivity contribution in [2.45, 2.75) is 33.1 Å². The summed E-state index contributed by atoms with van der Waals surface area (Å²) in [7, 11) is 1.97. The Morgan fingerprint density at radius 2 is 1.84 bits per heavy atom. The van der Waals surface area contributed by atoms with Crippen molar-refractivity contribution >= 4 is 22.5 Å². The molecule has 2 fully saturated rings. The molecule has 0 bridgehead atoms. The van der Waals surface area contributed by atoms with Crippen LogP contribution < -0.4 is 15.1 Å². The molecule has 2 aliphatic rings. The molecule has 0 unspecified atom stereocenters. The number of piperazine rings is 1. The summed E-state index contributed by atoms with van der Waals surface area (Å²) < 4.78 is 1.87. The van der Waals surface area contributed by atoms with E-state index in [0.717, 1.165) is 68.2 Å². The maximum Gasteiger partial charge on any atom is 0.159 e. The van der Waals surface area contributed by atoms with Crippen molar-refractivity contribution in [1.82, 2.24) is 25.1 Å². The van der Waals surface area contributed by atoms with E-state index in [1.807, 2.05) is 17.9 Å². The number of piperidine rings is 1. The molecule has 5 rings (SSSR count). The van der Waals surface area contributed by atoms with E-state index in [0.29, 0.717) is 11.8 Å². The van der Waals surface area contributed by atoms with E-state index >= 15 is 0 Å². The van der Waals surface area contributed by atoms with Crippen LogP contribution in [-0.2, 0) is 7.05 Å². The molecule has 0 spiro atoms. The molecule has 7 nitrogen and oxygen atoms in total. The molecule has 3 aromatic heterocycles. The summed E-state index contributed by atoms with van der Waals surface area (Å²) in [5, 5.41) is 9.01. The number of nitrogens with one attached hydrogen (secondary N) is 1. The van der Waals surface area contributed by atoms with Crippen molar-refractivity contribution in [2.24, 2.45) is 13.0 Å². The zero-order valence-corrected chi connectivity index (χ0v) is 19.1. The number of anilines is 2. The summed E-state index contributed by atoms with van der Waals surface area (Å²) in [5.41, 5.74) is 6.08. The predicted octanol–water partition coefficient (Wildman–Crippen LogP) is 3.02. The van der Waals surface area contributed by atoms with Gasteiger partial charge in [-0.05, 0) is 55.4 Å². The normalized spacial score (nSPS) is 22.3. The van der Waals surface area contributed by atoms with E-state index in [9.17, 15) is 0 Å². The van der Waals surface area contributed by atoms with E-state index in [2.05, 4.69) is 64.3 Å². The minimum Gasteiger partial charge on any atom is -0.371 e. The summed E-state index contributed by atoms with van der Waals surface area (Å²) >= 11 is 0. The van der Waals surface area contributed by atoms with Gasteiger partial charge in [-0.1, -0.05) is 6.92 Å². The Balaban J connectivity index is 1.36. The average molecular weight is 420 g/mol. The van der Waals surface area contributed by atoms with Gasteiger partial charge in [0.15, 0.2) is 5.65 Å². The highest BCUT2D eigenvalue weighted by Gasteiger charge is 2.30. The smallest absolute Gasteiger partial charge is 0.159 e. The Hall–Kier alpha value is -2.67. The van der Waals surface area contributed by atoms with Crippen LogP contribution >= 0.6 is 0 Å². The van der Waals surface area contributed by atoms with Crippen molar-refractivity contribution in [3.05, 3.63) is 41.3 Å². The molecule has 0 radical (unpaired) electrons. The van der Waals surface area contributed by atoms with E-state index in [1.54, 1.807) is 0 Å². The average Bonchev–Trinajstić information content (AvgIpc) is 3.14. The van der Waals surface area contributed by atoms with Gasteiger partial charge in [-0.25, -0.2) is 9.97 Å². The largest absolute Gasteiger partial charge is 0.371 e. The Morgan fingerprint density at radius 1 is 1.03 bits per heavy atom. The van der Waals surface area contributed by atoms with Gasteiger partial charge < -0.3 is 15.1 Å². The molecule has 0 aliphatic carbocycles. The molecule has 0 amide bonds. The third-order valence-corrected chi connectivity index (χ3v) is 7.03. The lowest BCUT2D eigenvalue weighted by atomic mass is 9.80. The number of rotatable bonds is 3. The predicted molar refractivity (Wildman–Crippen MR) is 126 cm³/mol. The molecule has 0 saturated carbocycles. The zero-order chi connectivity index (χ0) is 21.5. The lowest BCUT2D eigenvalue weighted by molar-refractivity contribution is 0.382. The van der Waals surface area contributed by atoms with E-state index in [-0.39, 0.29) is 0 Å². The first-order valence-electron chi connectivity index (χ1n) is 11.5. The second kappa shape index (κ2) is 8.11. The van der Waals surface area contributed by atoms with E-state index < -0.39 is 0 Å². The first-order valence-corrected chi connectivity index (χ1v) is 11.5. The van der Waals surface area contributed by atoms with Crippen molar-refractivity contribution < 1.29 is 0 Å². The third-order valence-electron chi connectivity index (χ3n) is 7.03. The Morgan fingerprint density at radius 3 is 2.58 bits per heavy atom. The second-order valence-corrected chi connectivity index (χ2v) is 9.24. The first-order chi connectivity index (χ1) is 15.0. The lowest BCUT2D eigenvalue weighted by Gasteiger charge is -2.39. The minimum atomic E-state index is 0.549. The minimum absolute atomic E-state index is 0.549. The SMILES string of the molecule is Cc1cc(N2CC[C@@H](c3cnc(N4CCNCC4)cc3C)[C@H](C)C2)c2cnn(C)c2n1. The van der Waals surface area contributed by atoms with Gasteiger partial charge in [0.1, 0.15) is 5.82 Å². The van der Waals surface area contributed by atoms with Gasteiger partial charge in [0, 0.05) is 58.2 Å². The summed E-state index contributed by atoms with van der Waals surface area (Å²) in [6.07, 6.45) is 5.25.